The van der Waals surface area contributed by atoms with E-state index in [-0.39, 0.29) is 17.7 Å². The quantitative estimate of drug-likeness (QED) is 0.0911. The van der Waals surface area contributed by atoms with Crippen LogP contribution in [0, 0.1) is 23.0 Å². The Labute approximate surface area is 280 Å². The lowest BCUT2D eigenvalue weighted by Crippen LogP contribution is -2.43. The van der Waals surface area contributed by atoms with Crippen molar-refractivity contribution < 1.29 is 51.5 Å². The third-order valence-corrected chi connectivity index (χ3v) is 8.57. The molecule has 0 fully saturated rings. The van der Waals surface area contributed by atoms with Crippen molar-refractivity contribution in [1.82, 2.24) is 19.7 Å². The number of carbonyl (C=O) groups excluding carboxylic acids is 2. The minimum absolute atomic E-state index is 0.260. The van der Waals surface area contributed by atoms with Gasteiger partial charge in [-0.05, 0) is 36.4 Å². The number of ether oxygens (including phenoxy) is 3. The van der Waals surface area contributed by atoms with Crippen LogP contribution in [-0.4, -0.2) is 48.5 Å². The van der Waals surface area contributed by atoms with Crippen LogP contribution in [0.2, 0.25) is 0 Å². The van der Waals surface area contributed by atoms with E-state index in [0.29, 0.717) is 27.9 Å². The van der Waals surface area contributed by atoms with Crippen LogP contribution in [0.15, 0.2) is 84.8 Å². The van der Waals surface area contributed by atoms with Gasteiger partial charge in [0, 0.05) is 22.6 Å². The molecule has 49 heavy (non-hydrogen) atoms. The van der Waals surface area contributed by atoms with E-state index < -0.39 is 55.6 Å². The average molecular weight is 712 g/mol. The van der Waals surface area contributed by atoms with Crippen molar-refractivity contribution in [2.45, 2.75) is 25.0 Å². The number of rotatable bonds is 12. The van der Waals surface area contributed by atoms with Crippen LogP contribution >= 0.6 is 19.2 Å². The molecule has 0 saturated carbocycles. The first-order chi connectivity index (χ1) is 23.4. The van der Waals surface area contributed by atoms with Gasteiger partial charge in [0.05, 0.1) is 29.8 Å². The average Bonchev–Trinajstić information content (AvgIpc) is 3.76. The fraction of sp³-hybridized carbons (Fsp3) is 0.161. The van der Waals surface area contributed by atoms with Gasteiger partial charge in [-0.3, -0.25) is 9.79 Å². The van der Waals surface area contributed by atoms with E-state index in [1.54, 1.807) is 36.6 Å². The van der Waals surface area contributed by atoms with Crippen LogP contribution in [-0.2, 0) is 30.9 Å². The number of hydrogen-bond donors (Lipinski definition) is 2. The highest BCUT2D eigenvalue weighted by Gasteiger charge is 2.47. The van der Waals surface area contributed by atoms with Crippen molar-refractivity contribution in [3.05, 3.63) is 118 Å². The summed E-state index contributed by atoms with van der Waals surface area (Å²) in [6.07, 6.45) is 1.06. The minimum Gasteiger partial charge on any atom is -0.424 e. The molecule has 5 aromatic rings. The summed E-state index contributed by atoms with van der Waals surface area (Å²) in [5.41, 5.74) is -1.02. The molecule has 0 aliphatic rings. The molecule has 5 rings (SSSR count). The Kier molecular flexibility index (Phi) is 10.4. The zero-order valence-electron chi connectivity index (χ0n) is 25.2. The summed E-state index contributed by atoms with van der Waals surface area (Å²) in [6, 6.07) is 16.4. The van der Waals surface area contributed by atoms with E-state index in [4.69, 9.17) is 29.3 Å². The molecule has 2 atom stereocenters. The van der Waals surface area contributed by atoms with Crippen molar-refractivity contribution in [2.75, 3.05) is 6.79 Å². The van der Waals surface area contributed by atoms with E-state index in [9.17, 15) is 18.5 Å². The monoisotopic (exact) mass is 711 g/mol. The van der Waals surface area contributed by atoms with Gasteiger partial charge >= 0.3 is 19.9 Å². The van der Waals surface area contributed by atoms with E-state index in [0.717, 1.165) is 24.3 Å². The number of esters is 1. The predicted octanol–water partition coefficient (Wildman–Crippen LogP) is 5.69. The number of para-hydroxylation sites is 1. The highest BCUT2D eigenvalue weighted by molar-refractivity contribution is 7.46. The number of phosphoric ester groups is 1. The molecule has 0 radical (unpaired) electrons. The summed E-state index contributed by atoms with van der Waals surface area (Å²) in [6.45, 7) is 0.207. The lowest BCUT2D eigenvalue weighted by molar-refractivity contribution is -0.0882. The van der Waals surface area contributed by atoms with E-state index in [1.165, 1.54) is 40.8 Å². The summed E-state index contributed by atoms with van der Waals surface area (Å²) < 4.78 is 62.7. The number of nitrogens with zero attached hydrogens (tertiary/aromatic N) is 5. The highest BCUT2D eigenvalue weighted by Crippen LogP contribution is 2.45. The first kappa shape index (κ1) is 34.8. The van der Waals surface area contributed by atoms with Gasteiger partial charge < -0.3 is 18.7 Å². The Bertz CT molecular complexity index is 2050. The third kappa shape index (κ3) is 8.31. The molecular weight excluding hydrogens is 687 g/mol. The molecule has 14 nitrogen and oxygen atoms in total. The number of nitriles is 1. The lowest BCUT2D eigenvalue weighted by atomic mass is 9.81. The van der Waals surface area contributed by atoms with Gasteiger partial charge in [0.25, 0.3) is 0 Å². The van der Waals surface area contributed by atoms with E-state index >= 15 is 4.39 Å². The fourth-order valence-electron chi connectivity index (χ4n) is 4.78. The van der Waals surface area contributed by atoms with Crippen molar-refractivity contribution in [3.8, 4) is 23.1 Å². The second-order valence-corrected chi connectivity index (χ2v) is 12.3. The molecule has 2 N–H and O–H groups in total. The smallest absolute Gasteiger partial charge is 0.424 e. The standard InChI is InChI=1S/C31H24F2N5O9PS/c1-19(28-37-26(14-49-28)21-8-6-20(13-34)7-9-21)31(15-38-17-35-16-36-38,24-11-10-22(32)12-25(24)33)46-30(40)45-18-44-29(39)23-4-2-3-5-27(23)47-48(41,42)43/h2-12,14,16-17,19H,15,18H2,1H3,(H2,41,42,43)/t19-,31+/m0/s1. The second kappa shape index (κ2) is 14.7. The summed E-state index contributed by atoms with van der Waals surface area (Å²) in [5.74, 6) is -4.56. The van der Waals surface area contributed by atoms with Crippen molar-refractivity contribution >= 4 is 31.3 Å². The van der Waals surface area contributed by atoms with E-state index in [2.05, 4.69) is 19.6 Å². The van der Waals surface area contributed by atoms with Crippen LogP contribution in [0.5, 0.6) is 5.75 Å². The van der Waals surface area contributed by atoms with Gasteiger partial charge in [0.15, 0.2) is 5.60 Å². The molecule has 252 valence electrons. The predicted molar refractivity (Wildman–Crippen MR) is 166 cm³/mol. The number of phosphoric acid groups is 1. The molecule has 0 bridgehead atoms. The molecule has 2 aromatic heterocycles. The molecule has 18 heteroatoms. The highest BCUT2D eigenvalue weighted by atomic mass is 32.1. The molecule has 0 spiro atoms. The second-order valence-electron chi connectivity index (χ2n) is 10.2. The van der Waals surface area contributed by atoms with Gasteiger partial charge in [0.1, 0.15) is 40.6 Å². The number of carbonyl (C=O) groups is 2. The number of halogens is 2. The normalized spacial score (nSPS) is 13.1. The van der Waals surface area contributed by atoms with Gasteiger partial charge in [-0.2, -0.15) is 10.4 Å². The molecule has 3 aromatic carbocycles. The van der Waals surface area contributed by atoms with Crippen molar-refractivity contribution in [2.24, 2.45) is 0 Å². The third-order valence-electron chi connectivity index (χ3n) is 7.11. The van der Waals surface area contributed by atoms with Crippen LogP contribution in [0.25, 0.3) is 11.3 Å². The minimum atomic E-state index is -5.03. The molecule has 0 aliphatic heterocycles. The number of thiazole rings is 1. The number of hydrogen-bond acceptors (Lipinski definition) is 12. The van der Waals surface area contributed by atoms with Crippen LogP contribution in [0.3, 0.4) is 0 Å². The summed E-state index contributed by atoms with van der Waals surface area (Å²) in [7, 11) is -5.03. The number of aromatic nitrogens is 4. The van der Waals surface area contributed by atoms with Gasteiger partial charge in [-0.1, -0.05) is 31.2 Å². The zero-order valence-corrected chi connectivity index (χ0v) is 26.9. The Balaban J connectivity index is 1.45. The van der Waals surface area contributed by atoms with Crippen molar-refractivity contribution in [3.63, 3.8) is 0 Å². The maximum Gasteiger partial charge on any atom is 0.524 e. The Hall–Kier alpha value is -5.53. The van der Waals surface area contributed by atoms with Crippen molar-refractivity contribution in [1.29, 1.82) is 5.26 Å². The number of benzene rings is 3. The Morgan fingerprint density at radius 3 is 2.53 bits per heavy atom. The molecule has 0 saturated heterocycles. The Morgan fingerprint density at radius 2 is 1.86 bits per heavy atom. The van der Waals surface area contributed by atoms with E-state index in [1.807, 2.05) is 6.07 Å². The lowest BCUT2D eigenvalue weighted by Gasteiger charge is -2.37. The summed E-state index contributed by atoms with van der Waals surface area (Å²) in [5, 5.41) is 15.3. The maximum absolute atomic E-state index is 15.6. The van der Waals surface area contributed by atoms with Gasteiger partial charge in [-0.15, -0.1) is 11.3 Å². The SMILES string of the molecule is C[C@@H](c1nc(-c2ccc(C#N)cc2)cs1)[C@@](Cn1cncn1)(OC(=O)OCOC(=O)c1ccccc1OP(=O)(O)O)c1ccc(F)cc1F. The van der Waals surface area contributed by atoms with Crippen LogP contribution in [0.4, 0.5) is 13.6 Å². The van der Waals surface area contributed by atoms with Crippen LogP contribution in [0.1, 0.15) is 39.3 Å². The topological polar surface area (TPSA) is 196 Å². The molecule has 0 unspecified atom stereocenters. The molecule has 0 amide bonds. The summed E-state index contributed by atoms with van der Waals surface area (Å²) in [4.78, 5) is 52.8. The largest absolute Gasteiger partial charge is 0.524 e. The maximum atomic E-state index is 15.6. The first-order valence-electron chi connectivity index (χ1n) is 14.0. The Morgan fingerprint density at radius 1 is 1.10 bits per heavy atom. The molecular formula is C31H24F2N5O9PS. The molecule has 2 heterocycles. The van der Waals surface area contributed by atoms with Gasteiger partial charge in [0.2, 0.25) is 6.79 Å². The van der Waals surface area contributed by atoms with Gasteiger partial charge in [-0.25, -0.2) is 37.6 Å². The van der Waals surface area contributed by atoms with Crippen LogP contribution < -0.4 is 4.52 Å². The first-order valence-corrected chi connectivity index (χ1v) is 16.4. The zero-order chi connectivity index (χ0) is 35.2. The molecule has 0 aliphatic carbocycles. The summed E-state index contributed by atoms with van der Waals surface area (Å²) >= 11 is 1.17. The fourth-order valence-corrected chi connectivity index (χ4v) is 6.16.